The molecule has 2 aromatic rings. The summed E-state index contributed by atoms with van der Waals surface area (Å²) in [6.07, 6.45) is 0.951. The molecule has 0 amide bonds. The van der Waals surface area contributed by atoms with Gasteiger partial charge in [0.25, 0.3) is 10.0 Å². The highest BCUT2D eigenvalue weighted by Crippen LogP contribution is 2.17. The van der Waals surface area contributed by atoms with Crippen LogP contribution in [0.15, 0.2) is 41.4 Å². The number of nitrogens with zero attached hydrogens (tertiary/aromatic N) is 1. The lowest BCUT2D eigenvalue weighted by Gasteiger charge is -2.07. The SMILES string of the molecule is O=C(O)c1ccc(NS(=O)(=O)c2cc(F)cc(F)c2)nc1. The van der Waals surface area contributed by atoms with E-state index in [0.29, 0.717) is 18.2 Å². The first kappa shape index (κ1) is 14.9. The van der Waals surface area contributed by atoms with Crippen LogP contribution in [0.25, 0.3) is 0 Å². The Morgan fingerprint density at radius 2 is 1.76 bits per heavy atom. The van der Waals surface area contributed by atoms with Crippen molar-refractivity contribution in [3.63, 3.8) is 0 Å². The summed E-state index contributed by atoms with van der Waals surface area (Å²) in [5.74, 6) is -3.47. The Balaban J connectivity index is 2.30. The molecule has 0 unspecified atom stereocenters. The minimum Gasteiger partial charge on any atom is -0.478 e. The van der Waals surface area contributed by atoms with E-state index in [0.717, 1.165) is 18.3 Å². The van der Waals surface area contributed by atoms with E-state index in [-0.39, 0.29) is 11.4 Å². The Morgan fingerprint density at radius 3 is 2.24 bits per heavy atom. The van der Waals surface area contributed by atoms with Crippen molar-refractivity contribution in [1.29, 1.82) is 0 Å². The van der Waals surface area contributed by atoms with E-state index in [1.165, 1.54) is 0 Å². The molecule has 0 aliphatic carbocycles. The lowest BCUT2D eigenvalue weighted by atomic mass is 10.3. The molecule has 0 spiro atoms. The van der Waals surface area contributed by atoms with Gasteiger partial charge in [0.15, 0.2) is 0 Å². The number of hydrogen-bond donors (Lipinski definition) is 2. The first-order valence-corrected chi connectivity index (χ1v) is 6.94. The predicted octanol–water partition coefficient (Wildman–Crippen LogP) is 1.86. The van der Waals surface area contributed by atoms with Crippen LogP contribution in [0.4, 0.5) is 14.6 Å². The molecular weight excluding hydrogens is 306 g/mol. The number of nitrogens with one attached hydrogen (secondary N) is 1. The van der Waals surface area contributed by atoms with E-state index in [4.69, 9.17) is 5.11 Å². The van der Waals surface area contributed by atoms with Crippen LogP contribution in [0.3, 0.4) is 0 Å². The van der Waals surface area contributed by atoms with Crippen LogP contribution in [-0.4, -0.2) is 24.5 Å². The Bertz CT molecular complexity index is 771. The van der Waals surface area contributed by atoms with Gasteiger partial charge in [-0.1, -0.05) is 0 Å². The van der Waals surface area contributed by atoms with Crippen LogP contribution in [0.5, 0.6) is 0 Å². The third-order valence-electron chi connectivity index (χ3n) is 2.40. The van der Waals surface area contributed by atoms with E-state index in [1.807, 2.05) is 4.72 Å². The van der Waals surface area contributed by atoms with Gasteiger partial charge in [-0.25, -0.2) is 27.0 Å². The molecule has 1 aromatic heterocycles. The summed E-state index contributed by atoms with van der Waals surface area (Å²) >= 11 is 0. The van der Waals surface area contributed by atoms with Crippen LogP contribution < -0.4 is 4.72 Å². The number of sulfonamides is 1. The maximum atomic E-state index is 13.0. The average Bonchev–Trinajstić information content (AvgIpc) is 2.37. The fourth-order valence-electron chi connectivity index (χ4n) is 1.46. The number of carboxylic acid groups (broad SMARTS) is 1. The molecule has 9 heteroatoms. The van der Waals surface area contributed by atoms with Gasteiger partial charge in [-0.3, -0.25) is 4.72 Å². The maximum Gasteiger partial charge on any atom is 0.337 e. The first-order chi connectivity index (χ1) is 9.78. The van der Waals surface area contributed by atoms with E-state index >= 15 is 0 Å². The Kier molecular flexibility index (Phi) is 3.85. The molecule has 0 atom stereocenters. The number of aromatic nitrogens is 1. The lowest BCUT2D eigenvalue weighted by molar-refractivity contribution is 0.0696. The number of halogens is 2. The van der Waals surface area contributed by atoms with Crippen LogP contribution >= 0.6 is 0 Å². The molecule has 0 radical (unpaired) electrons. The van der Waals surface area contributed by atoms with E-state index < -0.39 is 32.5 Å². The van der Waals surface area contributed by atoms with Crippen LogP contribution in [0, 0.1) is 11.6 Å². The largest absolute Gasteiger partial charge is 0.478 e. The highest BCUT2D eigenvalue weighted by Gasteiger charge is 2.17. The first-order valence-electron chi connectivity index (χ1n) is 5.46. The summed E-state index contributed by atoms with van der Waals surface area (Å²) in [6.45, 7) is 0. The van der Waals surface area contributed by atoms with Crippen LogP contribution in [-0.2, 0) is 10.0 Å². The zero-order valence-corrected chi connectivity index (χ0v) is 11.1. The molecule has 2 N–H and O–H groups in total. The van der Waals surface area contributed by atoms with E-state index in [9.17, 15) is 22.0 Å². The quantitative estimate of drug-likeness (QED) is 0.898. The summed E-state index contributed by atoms with van der Waals surface area (Å²) in [7, 11) is -4.23. The molecule has 1 aromatic carbocycles. The van der Waals surface area contributed by atoms with E-state index in [1.54, 1.807) is 0 Å². The van der Waals surface area contributed by atoms with Gasteiger partial charge in [0.1, 0.15) is 17.5 Å². The van der Waals surface area contributed by atoms with Crippen molar-refractivity contribution < 1.29 is 27.1 Å². The zero-order valence-electron chi connectivity index (χ0n) is 10.2. The number of aromatic carboxylic acids is 1. The molecular formula is C12H8F2N2O4S. The minimum absolute atomic E-state index is 0.130. The summed E-state index contributed by atoms with van der Waals surface area (Å²) in [5.41, 5.74) is -0.130. The molecule has 110 valence electrons. The van der Waals surface area contributed by atoms with Gasteiger partial charge in [0.2, 0.25) is 0 Å². The highest BCUT2D eigenvalue weighted by atomic mass is 32.2. The van der Waals surface area contributed by atoms with Gasteiger partial charge < -0.3 is 5.11 Å². The molecule has 0 fully saturated rings. The number of hydrogen-bond acceptors (Lipinski definition) is 4. The summed E-state index contributed by atoms with van der Waals surface area (Å²) in [6, 6.07) is 4.10. The number of rotatable bonds is 4. The summed E-state index contributed by atoms with van der Waals surface area (Å²) in [5, 5.41) is 8.69. The second kappa shape index (κ2) is 5.44. The normalized spacial score (nSPS) is 11.1. The predicted molar refractivity (Wildman–Crippen MR) is 68.4 cm³/mol. The smallest absolute Gasteiger partial charge is 0.337 e. The van der Waals surface area contributed by atoms with Gasteiger partial charge in [-0.05, 0) is 24.3 Å². The van der Waals surface area contributed by atoms with Crippen molar-refractivity contribution in [3.8, 4) is 0 Å². The van der Waals surface area contributed by atoms with Crippen molar-refractivity contribution >= 4 is 21.8 Å². The lowest BCUT2D eigenvalue weighted by Crippen LogP contribution is -2.14. The molecule has 0 aliphatic heterocycles. The minimum atomic E-state index is -4.23. The summed E-state index contributed by atoms with van der Waals surface area (Å²) < 4.78 is 51.9. The van der Waals surface area contributed by atoms with Crippen molar-refractivity contribution in [2.24, 2.45) is 0 Å². The zero-order chi connectivity index (χ0) is 15.6. The number of pyridine rings is 1. The van der Waals surface area contributed by atoms with Gasteiger partial charge in [-0.2, -0.15) is 0 Å². The third-order valence-corrected chi connectivity index (χ3v) is 3.73. The number of carbonyl (C=O) groups is 1. The van der Waals surface area contributed by atoms with Crippen LogP contribution in [0.2, 0.25) is 0 Å². The fourth-order valence-corrected chi connectivity index (χ4v) is 2.51. The second-order valence-corrected chi connectivity index (χ2v) is 5.63. The van der Waals surface area contributed by atoms with Gasteiger partial charge in [0, 0.05) is 12.3 Å². The van der Waals surface area contributed by atoms with Crippen molar-refractivity contribution in [3.05, 3.63) is 53.7 Å². The number of anilines is 1. The molecule has 0 aliphatic rings. The van der Waals surface area contributed by atoms with Gasteiger partial charge >= 0.3 is 5.97 Å². The van der Waals surface area contributed by atoms with E-state index in [2.05, 4.69) is 4.98 Å². The standard InChI is InChI=1S/C12H8F2N2O4S/c13-8-3-9(14)5-10(4-8)21(19,20)16-11-2-1-7(6-15-11)12(17)18/h1-6H,(H,15,16)(H,17,18). The molecule has 0 bridgehead atoms. The average molecular weight is 314 g/mol. The Hall–Kier alpha value is -2.55. The topological polar surface area (TPSA) is 96.4 Å². The number of benzene rings is 1. The molecule has 6 nitrogen and oxygen atoms in total. The Morgan fingerprint density at radius 1 is 1.14 bits per heavy atom. The molecule has 2 rings (SSSR count). The van der Waals surface area contributed by atoms with Crippen molar-refractivity contribution in [2.75, 3.05) is 4.72 Å². The molecule has 21 heavy (non-hydrogen) atoms. The number of carboxylic acids is 1. The van der Waals surface area contributed by atoms with Crippen molar-refractivity contribution in [1.82, 2.24) is 4.98 Å². The Labute approximate surface area is 118 Å². The van der Waals surface area contributed by atoms with Crippen molar-refractivity contribution in [2.45, 2.75) is 4.90 Å². The molecule has 0 saturated carbocycles. The molecule has 0 saturated heterocycles. The van der Waals surface area contributed by atoms with Crippen LogP contribution in [0.1, 0.15) is 10.4 Å². The maximum absolute atomic E-state index is 13.0. The van der Waals surface area contributed by atoms with Gasteiger partial charge in [0.05, 0.1) is 10.5 Å². The monoisotopic (exact) mass is 314 g/mol. The van der Waals surface area contributed by atoms with Gasteiger partial charge in [-0.15, -0.1) is 0 Å². The third kappa shape index (κ3) is 3.51. The highest BCUT2D eigenvalue weighted by molar-refractivity contribution is 7.92. The fraction of sp³-hybridized carbons (Fsp3) is 0. The summed E-state index contributed by atoms with van der Waals surface area (Å²) in [4.78, 5) is 13.6. The second-order valence-electron chi connectivity index (χ2n) is 3.95. The molecule has 1 heterocycles.